The number of rotatable bonds is 1. The van der Waals surface area contributed by atoms with Crippen LogP contribution in [0.3, 0.4) is 0 Å². The van der Waals surface area contributed by atoms with Gasteiger partial charge < -0.3 is 0 Å². The van der Waals surface area contributed by atoms with Gasteiger partial charge in [0, 0.05) is 24.0 Å². The lowest BCUT2D eigenvalue weighted by atomic mass is 10.2. The summed E-state index contributed by atoms with van der Waals surface area (Å²) in [5, 5.41) is 0.661. The molecule has 0 aliphatic rings. The number of pyridine rings is 1. The average molecular weight is 226 g/mol. The Labute approximate surface area is 90.8 Å². The second-order valence-corrected chi connectivity index (χ2v) is 3.35. The second-order valence-electron chi connectivity index (χ2n) is 2.57. The third-order valence-electron chi connectivity index (χ3n) is 1.60. The van der Waals surface area contributed by atoms with Crippen molar-refractivity contribution in [1.82, 2.24) is 15.0 Å². The van der Waals surface area contributed by atoms with Gasteiger partial charge in [-0.15, -0.1) is 0 Å². The lowest BCUT2D eigenvalue weighted by Crippen LogP contribution is -1.89. The van der Waals surface area contributed by atoms with Gasteiger partial charge in [-0.3, -0.25) is 4.98 Å². The molecule has 0 saturated heterocycles. The van der Waals surface area contributed by atoms with Crippen molar-refractivity contribution in [3.63, 3.8) is 0 Å². The molecule has 0 aliphatic carbocycles. The molecule has 0 saturated carbocycles. The highest BCUT2D eigenvalue weighted by molar-refractivity contribution is 6.33. The summed E-state index contributed by atoms with van der Waals surface area (Å²) in [6.07, 6.45) is 3.32. The van der Waals surface area contributed by atoms with Gasteiger partial charge in [0.25, 0.3) is 0 Å². The van der Waals surface area contributed by atoms with Gasteiger partial charge in [-0.05, 0) is 12.1 Å². The molecule has 2 rings (SSSR count). The van der Waals surface area contributed by atoms with Crippen molar-refractivity contribution in [2.45, 2.75) is 0 Å². The molecule has 0 aliphatic heterocycles. The van der Waals surface area contributed by atoms with E-state index in [2.05, 4.69) is 15.0 Å². The molecule has 14 heavy (non-hydrogen) atoms. The van der Waals surface area contributed by atoms with E-state index in [-0.39, 0.29) is 0 Å². The molecular formula is C9H5Cl2N3. The van der Waals surface area contributed by atoms with E-state index in [1.54, 1.807) is 24.5 Å². The summed E-state index contributed by atoms with van der Waals surface area (Å²) < 4.78 is 0. The SMILES string of the molecule is Clc1cc(Cl)nc(-c2ccncc2)n1. The molecular weight excluding hydrogens is 221 g/mol. The molecule has 2 aromatic heterocycles. The smallest absolute Gasteiger partial charge is 0.162 e. The Bertz CT molecular complexity index is 425. The number of hydrogen-bond donors (Lipinski definition) is 0. The van der Waals surface area contributed by atoms with Crippen LogP contribution in [0.4, 0.5) is 0 Å². The molecule has 3 nitrogen and oxygen atoms in total. The van der Waals surface area contributed by atoms with E-state index in [1.807, 2.05) is 0 Å². The summed E-state index contributed by atoms with van der Waals surface area (Å²) >= 11 is 11.5. The Morgan fingerprint density at radius 1 is 0.929 bits per heavy atom. The van der Waals surface area contributed by atoms with Crippen LogP contribution in [0.1, 0.15) is 0 Å². The van der Waals surface area contributed by atoms with E-state index < -0.39 is 0 Å². The van der Waals surface area contributed by atoms with Crippen molar-refractivity contribution in [2.24, 2.45) is 0 Å². The number of nitrogens with zero attached hydrogens (tertiary/aromatic N) is 3. The van der Waals surface area contributed by atoms with Crippen LogP contribution >= 0.6 is 23.2 Å². The number of halogens is 2. The largest absolute Gasteiger partial charge is 0.265 e. The third-order valence-corrected chi connectivity index (χ3v) is 1.99. The van der Waals surface area contributed by atoms with Crippen LogP contribution < -0.4 is 0 Å². The van der Waals surface area contributed by atoms with E-state index in [0.29, 0.717) is 16.1 Å². The first kappa shape index (κ1) is 9.37. The quantitative estimate of drug-likeness (QED) is 0.701. The molecule has 2 heterocycles. The van der Waals surface area contributed by atoms with Gasteiger partial charge in [-0.25, -0.2) is 9.97 Å². The van der Waals surface area contributed by atoms with Crippen molar-refractivity contribution in [3.05, 3.63) is 40.9 Å². The zero-order chi connectivity index (χ0) is 9.97. The second kappa shape index (κ2) is 3.90. The minimum atomic E-state index is 0.330. The van der Waals surface area contributed by atoms with Gasteiger partial charge in [-0.2, -0.15) is 0 Å². The number of hydrogen-bond acceptors (Lipinski definition) is 3. The highest BCUT2D eigenvalue weighted by Crippen LogP contribution is 2.19. The zero-order valence-corrected chi connectivity index (χ0v) is 8.50. The van der Waals surface area contributed by atoms with Crippen LogP contribution in [0.5, 0.6) is 0 Å². The van der Waals surface area contributed by atoms with Crippen LogP contribution in [0.25, 0.3) is 11.4 Å². The molecule has 0 fully saturated rings. The predicted octanol–water partition coefficient (Wildman–Crippen LogP) is 2.85. The van der Waals surface area contributed by atoms with Gasteiger partial charge in [0.1, 0.15) is 10.3 Å². The topological polar surface area (TPSA) is 38.7 Å². The molecule has 0 bridgehead atoms. The fourth-order valence-electron chi connectivity index (χ4n) is 1.02. The van der Waals surface area contributed by atoms with E-state index in [1.165, 1.54) is 6.07 Å². The van der Waals surface area contributed by atoms with E-state index in [9.17, 15) is 0 Å². The summed E-state index contributed by atoms with van der Waals surface area (Å²) in [6, 6.07) is 5.08. The normalized spacial score (nSPS) is 10.1. The first-order chi connectivity index (χ1) is 6.75. The molecule has 0 N–H and O–H groups in total. The van der Waals surface area contributed by atoms with Gasteiger partial charge >= 0.3 is 0 Å². The maximum Gasteiger partial charge on any atom is 0.162 e. The molecule has 0 aromatic carbocycles. The highest BCUT2D eigenvalue weighted by Gasteiger charge is 2.03. The van der Waals surface area contributed by atoms with Gasteiger partial charge in [0.15, 0.2) is 5.82 Å². The van der Waals surface area contributed by atoms with E-state index in [4.69, 9.17) is 23.2 Å². The minimum Gasteiger partial charge on any atom is -0.265 e. The van der Waals surface area contributed by atoms with Gasteiger partial charge in [0.05, 0.1) is 0 Å². The summed E-state index contributed by atoms with van der Waals surface area (Å²) in [4.78, 5) is 12.0. The van der Waals surface area contributed by atoms with Crippen molar-refractivity contribution >= 4 is 23.2 Å². The molecule has 0 amide bonds. The van der Waals surface area contributed by atoms with E-state index in [0.717, 1.165) is 5.56 Å². The Hall–Kier alpha value is -1.19. The lowest BCUT2D eigenvalue weighted by molar-refractivity contribution is 1.17. The van der Waals surface area contributed by atoms with Crippen molar-refractivity contribution in [2.75, 3.05) is 0 Å². The van der Waals surface area contributed by atoms with Crippen molar-refractivity contribution in [1.29, 1.82) is 0 Å². The maximum atomic E-state index is 5.75. The fourth-order valence-corrected chi connectivity index (χ4v) is 1.44. The predicted molar refractivity (Wildman–Crippen MR) is 55.3 cm³/mol. The monoisotopic (exact) mass is 225 g/mol. The zero-order valence-electron chi connectivity index (χ0n) is 6.98. The Balaban J connectivity index is 2.52. The molecule has 0 radical (unpaired) electrons. The van der Waals surface area contributed by atoms with Crippen LogP contribution in [0, 0.1) is 0 Å². The molecule has 70 valence electrons. The van der Waals surface area contributed by atoms with Crippen LogP contribution in [0.2, 0.25) is 10.3 Å². The van der Waals surface area contributed by atoms with Gasteiger partial charge in [-0.1, -0.05) is 23.2 Å². The van der Waals surface area contributed by atoms with Crippen LogP contribution in [-0.4, -0.2) is 15.0 Å². The molecule has 0 atom stereocenters. The Morgan fingerprint density at radius 3 is 2.07 bits per heavy atom. The minimum absolute atomic E-state index is 0.330. The third kappa shape index (κ3) is 2.00. The average Bonchev–Trinajstić information content (AvgIpc) is 2.18. The van der Waals surface area contributed by atoms with Crippen molar-refractivity contribution < 1.29 is 0 Å². The molecule has 0 spiro atoms. The standard InChI is InChI=1S/C9H5Cl2N3/c10-7-5-8(11)14-9(13-7)6-1-3-12-4-2-6/h1-5H. The maximum absolute atomic E-state index is 5.75. The summed E-state index contributed by atoms with van der Waals surface area (Å²) in [6.45, 7) is 0. The van der Waals surface area contributed by atoms with Crippen molar-refractivity contribution in [3.8, 4) is 11.4 Å². The summed E-state index contributed by atoms with van der Waals surface area (Å²) in [7, 11) is 0. The lowest BCUT2D eigenvalue weighted by Gasteiger charge is -1.99. The Morgan fingerprint density at radius 2 is 1.50 bits per heavy atom. The molecule has 5 heteroatoms. The first-order valence-corrected chi connectivity index (χ1v) is 4.62. The van der Waals surface area contributed by atoms with E-state index >= 15 is 0 Å². The molecule has 0 unspecified atom stereocenters. The fraction of sp³-hybridized carbons (Fsp3) is 0. The summed E-state index contributed by atoms with van der Waals surface area (Å²) in [5.41, 5.74) is 0.837. The molecule has 2 aromatic rings. The Kier molecular flexibility index (Phi) is 2.61. The first-order valence-electron chi connectivity index (χ1n) is 3.86. The van der Waals surface area contributed by atoms with Gasteiger partial charge in [0.2, 0.25) is 0 Å². The highest BCUT2D eigenvalue weighted by atomic mass is 35.5. The number of aromatic nitrogens is 3. The van der Waals surface area contributed by atoms with Crippen LogP contribution in [-0.2, 0) is 0 Å². The van der Waals surface area contributed by atoms with Crippen LogP contribution in [0.15, 0.2) is 30.6 Å². The summed E-state index contributed by atoms with van der Waals surface area (Å²) in [5.74, 6) is 0.505.